The third-order valence-electron chi connectivity index (χ3n) is 5.31. The molecule has 0 aliphatic carbocycles. The van der Waals surface area contributed by atoms with Crippen LogP contribution < -0.4 is 4.74 Å². The maximum absolute atomic E-state index is 14.3. The number of fused-ring (bicyclic) bond motifs is 1. The lowest BCUT2D eigenvalue weighted by Crippen LogP contribution is -2.37. The van der Waals surface area contributed by atoms with Crippen molar-refractivity contribution in [3.8, 4) is 16.9 Å². The normalized spacial score (nSPS) is 18.0. The molecule has 1 heterocycles. The Morgan fingerprint density at radius 3 is 2.34 bits per heavy atom. The predicted molar refractivity (Wildman–Crippen MR) is 109 cm³/mol. The quantitative estimate of drug-likeness (QED) is 0.323. The third kappa shape index (κ3) is 4.05. The third-order valence-corrected chi connectivity index (χ3v) is 6.42. The van der Waals surface area contributed by atoms with Crippen LogP contribution in [0.3, 0.4) is 0 Å². The van der Waals surface area contributed by atoms with Crippen LogP contribution in [0.4, 0.5) is 13.2 Å². The predicted octanol–water partition coefficient (Wildman–Crippen LogP) is 4.50. The summed E-state index contributed by atoms with van der Waals surface area (Å²) in [6.07, 6.45) is -0.510. The van der Waals surface area contributed by atoms with E-state index in [-0.39, 0.29) is 17.1 Å². The molecule has 2 unspecified atom stereocenters. The fraction of sp³-hybridized carbons (Fsp3) is 0.182. The van der Waals surface area contributed by atoms with Crippen molar-refractivity contribution in [2.24, 2.45) is 0 Å². The van der Waals surface area contributed by atoms with Crippen LogP contribution in [0, 0.1) is 27.6 Å². The molecule has 3 aromatic rings. The highest BCUT2D eigenvalue weighted by atomic mass is 32.2. The maximum Gasteiger partial charge on any atom is 0.257 e. The van der Waals surface area contributed by atoms with Gasteiger partial charge in [-0.15, -0.1) is 0 Å². The van der Waals surface area contributed by atoms with E-state index in [1.807, 2.05) is 0 Å². The van der Waals surface area contributed by atoms with Gasteiger partial charge in [0, 0.05) is 34.8 Å². The van der Waals surface area contributed by atoms with Crippen LogP contribution in [0.2, 0.25) is 0 Å². The Morgan fingerprint density at radius 1 is 0.969 bits per heavy atom. The fourth-order valence-electron chi connectivity index (χ4n) is 3.70. The number of sulfone groups is 1. The highest BCUT2D eigenvalue weighted by Gasteiger charge is 2.41. The molecule has 0 saturated heterocycles. The number of benzene rings is 3. The first-order valence-corrected chi connectivity index (χ1v) is 11.3. The average Bonchev–Trinajstić information content (AvgIpc) is 2.74. The fourth-order valence-corrected chi connectivity index (χ4v) is 4.37. The smallest absolute Gasteiger partial charge is 0.257 e. The molecule has 0 fully saturated rings. The molecule has 2 atom stereocenters. The van der Waals surface area contributed by atoms with Gasteiger partial charge in [-0.2, -0.15) is 0 Å². The van der Waals surface area contributed by atoms with Crippen LogP contribution in [0.25, 0.3) is 11.1 Å². The Bertz CT molecular complexity index is 1340. The molecule has 4 rings (SSSR count). The summed E-state index contributed by atoms with van der Waals surface area (Å²) in [5.74, 6) is -3.64. The van der Waals surface area contributed by atoms with Crippen LogP contribution in [0.1, 0.15) is 17.2 Å². The second-order valence-corrected chi connectivity index (χ2v) is 9.52. The molecule has 1 aliphatic heterocycles. The van der Waals surface area contributed by atoms with Crippen molar-refractivity contribution in [3.05, 3.63) is 93.3 Å². The van der Waals surface area contributed by atoms with Gasteiger partial charge < -0.3 is 4.74 Å². The van der Waals surface area contributed by atoms with Crippen LogP contribution in [-0.4, -0.2) is 25.6 Å². The van der Waals surface area contributed by atoms with E-state index in [1.165, 1.54) is 18.2 Å². The number of halogens is 3. The van der Waals surface area contributed by atoms with Crippen molar-refractivity contribution in [2.75, 3.05) is 6.26 Å². The van der Waals surface area contributed by atoms with Crippen molar-refractivity contribution < 1.29 is 31.2 Å². The first-order valence-electron chi connectivity index (χ1n) is 9.42. The molecular weight excluding hydrogens is 447 g/mol. The minimum atomic E-state index is -3.43. The largest absolute Gasteiger partial charge is 0.478 e. The lowest BCUT2D eigenvalue weighted by molar-refractivity contribution is -0.535. The topological polar surface area (TPSA) is 86.5 Å². The lowest BCUT2D eigenvalue weighted by Gasteiger charge is -2.29. The number of nitrogens with zero attached hydrogens (tertiary/aromatic N) is 1. The van der Waals surface area contributed by atoms with E-state index < -0.39 is 49.9 Å². The van der Waals surface area contributed by atoms with Gasteiger partial charge >= 0.3 is 0 Å². The highest BCUT2D eigenvalue weighted by molar-refractivity contribution is 7.90. The first kappa shape index (κ1) is 21.8. The first-order chi connectivity index (χ1) is 15.0. The van der Waals surface area contributed by atoms with Crippen molar-refractivity contribution in [2.45, 2.75) is 23.5 Å². The molecule has 1 aliphatic rings. The second kappa shape index (κ2) is 7.94. The highest BCUT2D eigenvalue weighted by Crippen LogP contribution is 2.39. The summed E-state index contributed by atoms with van der Waals surface area (Å²) in [4.78, 5) is 11.2. The monoisotopic (exact) mass is 463 g/mol. The van der Waals surface area contributed by atoms with Crippen molar-refractivity contribution in [1.29, 1.82) is 0 Å². The van der Waals surface area contributed by atoms with E-state index in [1.54, 1.807) is 24.3 Å². The summed E-state index contributed by atoms with van der Waals surface area (Å²) < 4.78 is 70.6. The Hall–Kier alpha value is -3.40. The SMILES string of the molecule is CS(=O)(=O)c1cccc(-c2ccc3c(c2)CC([N+](=O)[O-])C(c2cc(F)c(F)cc2F)O3)c1. The van der Waals surface area contributed by atoms with Gasteiger partial charge in [0.05, 0.1) is 4.90 Å². The standard InChI is InChI=1S/C22H16F3NO5S/c1-32(29,30)15-4-2-3-12(8-15)13-5-6-21-14(7-13)9-20(26(27)28)22(31-21)16-10-18(24)19(25)11-17(16)23/h2-8,10-11,20,22H,9H2,1H3. The lowest BCUT2D eigenvalue weighted by atomic mass is 9.91. The second-order valence-electron chi connectivity index (χ2n) is 7.51. The van der Waals surface area contributed by atoms with Crippen LogP contribution in [0.15, 0.2) is 59.5 Å². The van der Waals surface area contributed by atoms with Crippen LogP contribution in [-0.2, 0) is 16.3 Å². The van der Waals surface area contributed by atoms with Gasteiger partial charge in [0.1, 0.15) is 11.6 Å². The molecule has 0 aromatic heterocycles. The van der Waals surface area contributed by atoms with E-state index in [0.717, 1.165) is 6.26 Å². The van der Waals surface area contributed by atoms with E-state index >= 15 is 0 Å². The van der Waals surface area contributed by atoms with Gasteiger partial charge in [-0.3, -0.25) is 10.1 Å². The zero-order valence-electron chi connectivity index (χ0n) is 16.6. The minimum absolute atomic E-state index is 0.126. The molecule has 6 nitrogen and oxygen atoms in total. The van der Waals surface area contributed by atoms with Crippen molar-refractivity contribution in [3.63, 3.8) is 0 Å². The molecule has 0 N–H and O–H groups in total. The van der Waals surface area contributed by atoms with Gasteiger partial charge in [-0.05, 0) is 41.5 Å². The summed E-state index contributed by atoms with van der Waals surface area (Å²) in [5, 5.41) is 11.7. The van der Waals surface area contributed by atoms with Gasteiger partial charge in [0.15, 0.2) is 27.6 Å². The van der Waals surface area contributed by atoms with Gasteiger partial charge in [-0.25, -0.2) is 21.6 Å². The van der Waals surface area contributed by atoms with E-state index in [4.69, 9.17) is 4.74 Å². The molecule has 32 heavy (non-hydrogen) atoms. The molecule has 10 heteroatoms. The van der Waals surface area contributed by atoms with Crippen molar-refractivity contribution in [1.82, 2.24) is 0 Å². The van der Waals surface area contributed by atoms with Crippen LogP contribution >= 0.6 is 0 Å². The molecule has 0 amide bonds. The molecule has 0 saturated carbocycles. The summed E-state index contributed by atoms with van der Waals surface area (Å²) in [7, 11) is -3.43. The van der Waals surface area contributed by atoms with E-state index in [0.29, 0.717) is 28.8 Å². The average molecular weight is 463 g/mol. The molecular formula is C22H16F3NO5S. The summed E-state index contributed by atoms with van der Waals surface area (Å²) >= 11 is 0. The number of nitro groups is 1. The summed E-state index contributed by atoms with van der Waals surface area (Å²) in [5.41, 5.74) is 1.20. The molecule has 0 radical (unpaired) electrons. The van der Waals surface area contributed by atoms with E-state index in [2.05, 4.69) is 0 Å². The van der Waals surface area contributed by atoms with Gasteiger partial charge in [0.2, 0.25) is 0 Å². The number of ether oxygens (including phenoxy) is 1. The van der Waals surface area contributed by atoms with Crippen LogP contribution in [0.5, 0.6) is 5.75 Å². The Kier molecular flexibility index (Phi) is 5.41. The Balaban J connectivity index is 1.75. The molecule has 3 aromatic carbocycles. The summed E-state index contributed by atoms with van der Waals surface area (Å²) in [6, 6.07) is 10.5. The number of rotatable bonds is 4. The Morgan fingerprint density at radius 2 is 1.66 bits per heavy atom. The zero-order chi connectivity index (χ0) is 23.2. The van der Waals surface area contributed by atoms with Crippen molar-refractivity contribution >= 4 is 9.84 Å². The number of hydrogen-bond donors (Lipinski definition) is 0. The molecule has 0 spiro atoms. The maximum atomic E-state index is 14.3. The zero-order valence-corrected chi connectivity index (χ0v) is 17.4. The minimum Gasteiger partial charge on any atom is -0.478 e. The number of hydrogen-bond acceptors (Lipinski definition) is 5. The molecule has 0 bridgehead atoms. The van der Waals surface area contributed by atoms with Gasteiger partial charge in [-0.1, -0.05) is 18.2 Å². The summed E-state index contributed by atoms with van der Waals surface area (Å²) in [6.45, 7) is 0. The molecule has 166 valence electrons. The van der Waals surface area contributed by atoms with Gasteiger partial charge in [0.25, 0.3) is 6.04 Å². The van der Waals surface area contributed by atoms with E-state index in [9.17, 15) is 31.7 Å². The Labute approximate surface area is 181 Å².